The summed E-state index contributed by atoms with van der Waals surface area (Å²) >= 11 is 0. The molecule has 6 heteroatoms. The molecular weight excluding hydrogens is 256 g/mol. The minimum Gasteiger partial charge on any atom is -0.435 e. The number of halogens is 2. The predicted molar refractivity (Wildman–Crippen MR) is 65.9 cm³/mol. The number of hydrogen-bond donors (Lipinski definition) is 0. The Balaban J connectivity index is 2.80. The largest absolute Gasteiger partial charge is 0.435 e. The lowest BCUT2D eigenvalue weighted by atomic mass is 10.1. The molecule has 0 saturated carbocycles. The van der Waals surface area contributed by atoms with Crippen LogP contribution in [-0.4, -0.2) is 14.9 Å². The first-order valence-electron chi connectivity index (χ1n) is 5.44. The van der Waals surface area contributed by atoms with Gasteiger partial charge in [-0.15, -0.1) is 0 Å². The average Bonchev–Trinajstić information content (AvgIpc) is 2.25. The van der Waals surface area contributed by atoms with Crippen molar-refractivity contribution in [2.75, 3.05) is 0 Å². The van der Waals surface area contributed by atoms with Crippen molar-refractivity contribution in [3.8, 4) is 11.8 Å². The molecule has 0 aliphatic carbocycles. The Morgan fingerprint density at radius 3 is 2.11 bits per heavy atom. The lowest BCUT2D eigenvalue weighted by molar-refractivity contribution is -0.0498. The number of rotatable bonds is 5. The monoisotopic (exact) mass is 271 g/mol. The van der Waals surface area contributed by atoms with E-state index in [9.17, 15) is 8.78 Å². The molecule has 98 valence electrons. The van der Waals surface area contributed by atoms with E-state index in [0.29, 0.717) is 5.56 Å². The number of hydrogen-bond acceptors (Lipinski definition) is 3. The van der Waals surface area contributed by atoms with Crippen LogP contribution in [0.5, 0.6) is 5.75 Å². The van der Waals surface area contributed by atoms with Gasteiger partial charge in [0, 0.05) is 0 Å². The third-order valence-corrected chi connectivity index (χ3v) is 2.94. The summed E-state index contributed by atoms with van der Waals surface area (Å²) in [6, 6.07) is 7.99. The van der Waals surface area contributed by atoms with E-state index >= 15 is 0 Å². The van der Waals surface area contributed by atoms with Gasteiger partial charge in [-0.1, -0.05) is 12.1 Å². The summed E-state index contributed by atoms with van der Waals surface area (Å²) in [4.78, 5) is 0. The predicted octanol–water partition coefficient (Wildman–Crippen LogP) is 3.70. The van der Waals surface area contributed by atoms with Crippen molar-refractivity contribution >= 4 is 8.32 Å². The van der Waals surface area contributed by atoms with Crippen LogP contribution in [0.3, 0.4) is 0 Å². The van der Waals surface area contributed by atoms with Gasteiger partial charge in [0.25, 0.3) is 0 Å². The van der Waals surface area contributed by atoms with Crippen LogP contribution in [0.15, 0.2) is 24.3 Å². The third kappa shape index (κ3) is 4.81. The fraction of sp³-hybridized carbons (Fsp3) is 0.417. The second-order valence-electron chi connectivity index (χ2n) is 4.69. The third-order valence-electron chi connectivity index (χ3n) is 2.00. The van der Waals surface area contributed by atoms with Gasteiger partial charge in [0.1, 0.15) is 5.75 Å². The number of ether oxygens (including phenoxy) is 1. The summed E-state index contributed by atoms with van der Waals surface area (Å²) in [5, 5.41) is 9.05. The molecule has 1 atom stereocenters. The second-order valence-corrected chi connectivity index (χ2v) is 9.15. The van der Waals surface area contributed by atoms with Gasteiger partial charge in [-0.3, -0.25) is 0 Å². The Hall–Kier alpha value is -1.45. The lowest BCUT2D eigenvalue weighted by Gasteiger charge is -2.21. The minimum atomic E-state index is -2.85. The molecule has 0 bridgehead atoms. The number of nitrogens with zero attached hydrogens (tertiary/aromatic N) is 1. The highest BCUT2D eigenvalue weighted by molar-refractivity contribution is 6.69. The van der Waals surface area contributed by atoms with Crippen LogP contribution in [0, 0.1) is 11.3 Å². The summed E-state index contributed by atoms with van der Waals surface area (Å²) < 4.78 is 33.9. The Morgan fingerprint density at radius 1 is 1.17 bits per heavy atom. The molecule has 0 aromatic heterocycles. The molecule has 0 saturated heterocycles. The van der Waals surface area contributed by atoms with E-state index in [1.807, 2.05) is 19.6 Å². The quantitative estimate of drug-likeness (QED) is 0.767. The average molecular weight is 271 g/mol. The van der Waals surface area contributed by atoms with Gasteiger partial charge in [0.2, 0.25) is 0 Å². The van der Waals surface area contributed by atoms with E-state index < -0.39 is 21.0 Å². The molecule has 0 amide bonds. The Kier molecular flexibility index (Phi) is 4.82. The van der Waals surface area contributed by atoms with Crippen LogP contribution in [-0.2, 0) is 4.43 Å². The molecule has 1 aromatic carbocycles. The standard InChI is InChI=1S/C12H15F2NO2Si/c1-18(2,3)17-11(8-15)9-4-6-10(7-5-9)16-12(13)14/h4-7,11-12H,1-3H3. The van der Waals surface area contributed by atoms with Crippen molar-refractivity contribution in [2.24, 2.45) is 0 Å². The Labute approximate surface area is 106 Å². The lowest BCUT2D eigenvalue weighted by Crippen LogP contribution is -2.27. The maximum atomic E-state index is 12.0. The zero-order valence-corrected chi connectivity index (χ0v) is 11.5. The zero-order valence-electron chi connectivity index (χ0n) is 10.5. The SMILES string of the molecule is C[Si](C)(C)OC(C#N)c1ccc(OC(F)F)cc1. The summed E-state index contributed by atoms with van der Waals surface area (Å²) in [6.07, 6.45) is -0.669. The fourth-order valence-electron chi connectivity index (χ4n) is 1.35. The van der Waals surface area contributed by atoms with Crippen molar-refractivity contribution < 1.29 is 17.9 Å². The molecular formula is C12H15F2NO2Si. The van der Waals surface area contributed by atoms with Crippen molar-refractivity contribution in [1.82, 2.24) is 0 Å². The van der Waals surface area contributed by atoms with Gasteiger partial charge in [-0.2, -0.15) is 14.0 Å². The summed E-state index contributed by atoms with van der Waals surface area (Å²) in [7, 11) is -1.84. The number of benzene rings is 1. The van der Waals surface area contributed by atoms with Gasteiger partial charge < -0.3 is 9.16 Å². The maximum Gasteiger partial charge on any atom is 0.387 e. The first-order chi connectivity index (χ1) is 8.31. The fourth-order valence-corrected chi connectivity index (χ4v) is 2.24. The Bertz CT molecular complexity index is 423. The molecule has 18 heavy (non-hydrogen) atoms. The molecule has 0 aliphatic heterocycles. The molecule has 1 rings (SSSR count). The van der Waals surface area contributed by atoms with E-state index in [2.05, 4.69) is 10.8 Å². The number of alkyl halides is 2. The molecule has 3 nitrogen and oxygen atoms in total. The van der Waals surface area contributed by atoms with Crippen LogP contribution in [0.25, 0.3) is 0 Å². The van der Waals surface area contributed by atoms with E-state index in [0.717, 1.165) is 0 Å². The van der Waals surface area contributed by atoms with Crippen molar-refractivity contribution in [2.45, 2.75) is 32.4 Å². The van der Waals surface area contributed by atoms with Gasteiger partial charge in [-0.25, -0.2) is 0 Å². The maximum absolute atomic E-state index is 12.0. The summed E-state index contributed by atoms with van der Waals surface area (Å²) in [5.74, 6) is 0.0680. The normalized spacial score (nSPS) is 13.2. The highest BCUT2D eigenvalue weighted by Gasteiger charge is 2.22. The molecule has 0 N–H and O–H groups in total. The van der Waals surface area contributed by atoms with Crippen LogP contribution in [0.1, 0.15) is 11.7 Å². The molecule has 0 spiro atoms. The number of nitriles is 1. The van der Waals surface area contributed by atoms with Crippen LogP contribution in [0.4, 0.5) is 8.78 Å². The first kappa shape index (κ1) is 14.6. The van der Waals surface area contributed by atoms with Gasteiger partial charge in [0.05, 0.1) is 6.07 Å². The summed E-state index contributed by atoms with van der Waals surface area (Å²) in [5.41, 5.74) is 0.640. The van der Waals surface area contributed by atoms with Gasteiger partial charge in [-0.05, 0) is 37.3 Å². The zero-order chi connectivity index (χ0) is 13.8. The van der Waals surface area contributed by atoms with Gasteiger partial charge in [0.15, 0.2) is 14.4 Å². The molecule has 1 unspecified atom stereocenters. The van der Waals surface area contributed by atoms with E-state index in [1.54, 1.807) is 12.1 Å². The van der Waals surface area contributed by atoms with Crippen molar-refractivity contribution in [3.63, 3.8) is 0 Å². The highest BCUT2D eigenvalue weighted by Crippen LogP contribution is 2.24. The van der Waals surface area contributed by atoms with Crippen LogP contribution in [0.2, 0.25) is 19.6 Å². The van der Waals surface area contributed by atoms with Crippen molar-refractivity contribution in [1.29, 1.82) is 5.26 Å². The minimum absolute atomic E-state index is 0.0680. The molecule has 0 aliphatic rings. The topological polar surface area (TPSA) is 42.2 Å². The highest BCUT2D eigenvalue weighted by atomic mass is 28.4. The van der Waals surface area contributed by atoms with Gasteiger partial charge >= 0.3 is 6.61 Å². The smallest absolute Gasteiger partial charge is 0.387 e. The van der Waals surface area contributed by atoms with E-state index in [-0.39, 0.29) is 5.75 Å². The molecule has 0 radical (unpaired) electrons. The molecule has 0 fully saturated rings. The van der Waals surface area contributed by atoms with Crippen molar-refractivity contribution in [3.05, 3.63) is 29.8 Å². The Morgan fingerprint density at radius 2 is 1.72 bits per heavy atom. The summed E-state index contributed by atoms with van der Waals surface area (Å²) in [6.45, 7) is 3.09. The van der Waals surface area contributed by atoms with Crippen LogP contribution < -0.4 is 4.74 Å². The van der Waals surface area contributed by atoms with Crippen LogP contribution >= 0.6 is 0 Å². The van der Waals surface area contributed by atoms with E-state index in [1.165, 1.54) is 12.1 Å². The molecule has 1 aromatic rings. The first-order valence-corrected chi connectivity index (χ1v) is 8.85. The second kappa shape index (κ2) is 5.93. The van der Waals surface area contributed by atoms with E-state index in [4.69, 9.17) is 9.69 Å². The molecule has 0 heterocycles.